The summed E-state index contributed by atoms with van der Waals surface area (Å²) in [4.78, 5) is 25.9. The number of aromatic nitrogens is 1. The van der Waals surface area contributed by atoms with Gasteiger partial charge in [-0.05, 0) is 11.6 Å². The van der Waals surface area contributed by atoms with Crippen LogP contribution in [0.5, 0.6) is 0 Å². The van der Waals surface area contributed by atoms with Crippen molar-refractivity contribution < 1.29 is 14.7 Å². The lowest BCUT2D eigenvalue weighted by Crippen LogP contribution is -2.21. The third kappa shape index (κ3) is 2.18. The molecule has 1 amide bonds. The maximum atomic E-state index is 11.3. The molecule has 0 aromatic carbocycles. The minimum absolute atomic E-state index is 0.00169. The topological polar surface area (TPSA) is 79.3 Å². The summed E-state index contributed by atoms with van der Waals surface area (Å²) in [6.07, 6.45) is 3.57. The normalized spacial score (nSPS) is 24.1. The van der Waals surface area contributed by atoms with E-state index >= 15 is 0 Å². The quantitative estimate of drug-likeness (QED) is 0.787. The fourth-order valence-electron chi connectivity index (χ4n) is 2.04. The summed E-state index contributed by atoms with van der Waals surface area (Å²) in [6, 6.07) is 3.40. The SMILES string of the molecule is O=C(O)C[C@H]1CC(=O)N[C@@H]1c1cccnc1. The molecule has 2 heterocycles. The average Bonchev–Trinajstić information content (AvgIpc) is 2.60. The Morgan fingerprint density at radius 2 is 2.44 bits per heavy atom. The molecule has 1 aliphatic heterocycles. The highest BCUT2D eigenvalue weighted by molar-refractivity contribution is 5.80. The third-order valence-corrected chi connectivity index (χ3v) is 2.72. The monoisotopic (exact) mass is 220 g/mol. The Morgan fingerprint density at radius 1 is 1.62 bits per heavy atom. The van der Waals surface area contributed by atoms with Crippen LogP contribution in [0.4, 0.5) is 0 Å². The van der Waals surface area contributed by atoms with Gasteiger partial charge in [0.05, 0.1) is 12.5 Å². The van der Waals surface area contributed by atoms with Crippen molar-refractivity contribution in [1.82, 2.24) is 10.3 Å². The van der Waals surface area contributed by atoms with E-state index in [1.165, 1.54) is 0 Å². The van der Waals surface area contributed by atoms with E-state index in [4.69, 9.17) is 5.11 Å². The molecule has 5 nitrogen and oxygen atoms in total. The molecule has 0 saturated carbocycles. The highest BCUT2D eigenvalue weighted by Crippen LogP contribution is 2.32. The number of carbonyl (C=O) groups is 2. The molecule has 1 aliphatic rings. The molecule has 0 spiro atoms. The minimum Gasteiger partial charge on any atom is -0.481 e. The minimum atomic E-state index is -0.879. The highest BCUT2D eigenvalue weighted by atomic mass is 16.4. The first-order chi connectivity index (χ1) is 7.66. The number of pyridine rings is 1. The fourth-order valence-corrected chi connectivity index (χ4v) is 2.04. The Labute approximate surface area is 92.5 Å². The van der Waals surface area contributed by atoms with Gasteiger partial charge in [0.25, 0.3) is 0 Å². The van der Waals surface area contributed by atoms with Crippen LogP contribution in [0, 0.1) is 5.92 Å². The van der Waals surface area contributed by atoms with E-state index in [9.17, 15) is 9.59 Å². The van der Waals surface area contributed by atoms with Crippen LogP contribution < -0.4 is 5.32 Å². The van der Waals surface area contributed by atoms with E-state index in [1.54, 1.807) is 18.5 Å². The number of carbonyl (C=O) groups excluding carboxylic acids is 1. The van der Waals surface area contributed by atoms with Gasteiger partial charge in [0, 0.05) is 24.7 Å². The van der Waals surface area contributed by atoms with Crippen molar-refractivity contribution in [2.75, 3.05) is 0 Å². The van der Waals surface area contributed by atoms with Gasteiger partial charge in [-0.15, -0.1) is 0 Å². The third-order valence-electron chi connectivity index (χ3n) is 2.72. The van der Waals surface area contributed by atoms with Gasteiger partial charge in [-0.2, -0.15) is 0 Å². The van der Waals surface area contributed by atoms with Crippen LogP contribution in [0.15, 0.2) is 24.5 Å². The zero-order valence-electron chi connectivity index (χ0n) is 8.59. The van der Waals surface area contributed by atoms with Gasteiger partial charge in [0.15, 0.2) is 0 Å². The van der Waals surface area contributed by atoms with E-state index in [2.05, 4.69) is 10.3 Å². The smallest absolute Gasteiger partial charge is 0.303 e. The van der Waals surface area contributed by atoms with Crippen LogP contribution >= 0.6 is 0 Å². The first-order valence-corrected chi connectivity index (χ1v) is 5.08. The molecule has 16 heavy (non-hydrogen) atoms. The first kappa shape index (κ1) is 10.6. The van der Waals surface area contributed by atoms with Crippen LogP contribution in [0.3, 0.4) is 0 Å². The Kier molecular flexibility index (Phi) is 2.85. The Bertz CT molecular complexity index is 405. The van der Waals surface area contributed by atoms with Crippen molar-refractivity contribution >= 4 is 11.9 Å². The second-order valence-corrected chi connectivity index (χ2v) is 3.89. The number of aliphatic carboxylic acids is 1. The molecule has 1 fully saturated rings. The molecule has 1 saturated heterocycles. The molecular weight excluding hydrogens is 208 g/mol. The maximum absolute atomic E-state index is 11.3. The predicted octanol–water partition coefficient (Wildman–Crippen LogP) is 0.733. The summed E-state index contributed by atoms with van der Waals surface area (Å²) in [5, 5.41) is 11.6. The van der Waals surface area contributed by atoms with E-state index in [0.29, 0.717) is 0 Å². The number of carboxylic acid groups (broad SMARTS) is 1. The molecule has 2 N–H and O–H groups in total. The van der Waals surface area contributed by atoms with Gasteiger partial charge in [0.2, 0.25) is 5.91 Å². The summed E-state index contributed by atoms with van der Waals surface area (Å²) < 4.78 is 0. The molecule has 84 valence electrons. The summed E-state index contributed by atoms with van der Waals surface area (Å²) in [7, 11) is 0. The first-order valence-electron chi connectivity index (χ1n) is 5.08. The number of nitrogens with one attached hydrogen (secondary N) is 1. The zero-order valence-corrected chi connectivity index (χ0v) is 8.59. The molecule has 1 aromatic heterocycles. The number of nitrogens with zero attached hydrogens (tertiary/aromatic N) is 1. The lowest BCUT2D eigenvalue weighted by atomic mass is 9.92. The zero-order chi connectivity index (χ0) is 11.5. The van der Waals surface area contributed by atoms with Gasteiger partial charge >= 0.3 is 5.97 Å². The lowest BCUT2D eigenvalue weighted by molar-refractivity contribution is -0.138. The molecule has 2 rings (SSSR count). The summed E-state index contributed by atoms with van der Waals surface area (Å²) in [5.74, 6) is -1.16. The molecule has 5 heteroatoms. The summed E-state index contributed by atoms with van der Waals surface area (Å²) in [6.45, 7) is 0. The standard InChI is InChI=1S/C11H12N2O3/c14-9-4-8(5-10(15)16)11(13-9)7-2-1-3-12-6-7/h1-3,6,8,11H,4-5H2,(H,13,14)(H,15,16)/t8-,11-/m1/s1. The van der Waals surface area contributed by atoms with Crippen molar-refractivity contribution in [3.05, 3.63) is 30.1 Å². The van der Waals surface area contributed by atoms with E-state index in [-0.39, 0.29) is 30.7 Å². The van der Waals surface area contributed by atoms with Gasteiger partial charge < -0.3 is 10.4 Å². The van der Waals surface area contributed by atoms with Crippen LogP contribution in [0.2, 0.25) is 0 Å². The number of amides is 1. The molecular formula is C11H12N2O3. The molecule has 0 bridgehead atoms. The van der Waals surface area contributed by atoms with E-state index in [1.807, 2.05) is 6.07 Å². The second-order valence-electron chi connectivity index (χ2n) is 3.89. The lowest BCUT2D eigenvalue weighted by Gasteiger charge is -2.16. The van der Waals surface area contributed by atoms with Crippen molar-refractivity contribution in [1.29, 1.82) is 0 Å². The molecule has 0 aliphatic carbocycles. The van der Waals surface area contributed by atoms with Crippen molar-refractivity contribution in [2.24, 2.45) is 5.92 Å². The van der Waals surface area contributed by atoms with Gasteiger partial charge in [-0.3, -0.25) is 14.6 Å². The Hall–Kier alpha value is -1.91. The second kappa shape index (κ2) is 4.30. The Morgan fingerprint density at radius 3 is 3.06 bits per heavy atom. The molecule has 0 radical (unpaired) electrons. The number of carboxylic acids is 1. The van der Waals surface area contributed by atoms with Crippen LogP contribution in [0.1, 0.15) is 24.4 Å². The van der Waals surface area contributed by atoms with Gasteiger partial charge in [-0.25, -0.2) is 0 Å². The average molecular weight is 220 g/mol. The van der Waals surface area contributed by atoms with Crippen molar-refractivity contribution in [3.8, 4) is 0 Å². The van der Waals surface area contributed by atoms with Crippen LogP contribution in [-0.4, -0.2) is 22.0 Å². The molecule has 1 aromatic rings. The van der Waals surface area contributed by atoms with Crippen molar-refractivity contribution in [3.63, 3.8) is 0 Å². The number of hydrogen-bond donors (Lipinski definition) is 2. The molecule has 2 atom stereocenters. The van der Waals surface area contributed by atoms with E-state index < -0.39 is 5.97 Å². The number of rotatable bonds is 3. The predicted molar refractivity (Wildman–Crippen MR) is 55.5 cm³/mol. The van der Waals surface area contributed by atoms with Crippen molar-refractivity contribution in [2.45, 2.75) is 18.9 Å². The fraction of sp³-hybridized carbons (Fsp3) is 0.364. The van der Waals surface area contributed by atoms with Gasteiger partial charge in [-0.1, -0.05) is 6.07 Å². The number of hydrogen-bond acceptors (Lipinski definition) is 3. The highest BCUT2D eigenvalue weighted by Gasteiger charge is 2.34. The Balaban J connectivity index is 2.19. The molecule has 0 unspecified atom stereocenters. The largest absolute Gasteiger partial charge is 0.481 e. The summed E-state index contributed by atoms with van der Waals surface area (Å²) in [5.41, 5.74) is 0.861. The van der Waals surface area contributed by atoms with Gasteiger partial charge in [0.1, 0.15) is 0 Å². The van der Waals surface area contributed by atoms with E-state index in [0.717, 1.165) is 5.56 Å². The summed E-state index contributed by atoms with van der Waals surface area (Å²) >= 11 is 0. The van der Waals surface area contributed by atoms with Crippen LogP contribution in [-0.2, 0) is 9.59 Å². The van der Waals surface area contributed by atoms with Crippen LogP contribution in [0.25, 0.3) is 0 Å². The maximum Gasteiger partial charge on any atom is 0.303 e.